The van der Waals surface area contributed by atoms with E-state index in [1.54, 1.807) is 25.4 Å². The van der Waals surface area contributed by atoms with E-state index in [2.05, 4.69) is 22.2 Å². The largest absolute Gasteiger partial charge is 0.393 e. The Kier molecular flexibility index (Phi) is 7.60. The van der Waals surface area contributed by atoms with Gasteiger partial charge in [0.15, 0.2) is 0 Å². The molecule has 1 amide bonds. The smallest absolute Gasteiger partial charge is 0.256 e. The van der Waals surface area contributed by atoms with E-state index in [-0.39, 0.29) is 17.9 Å². The fraction of sp³-hybridized carbons (Fsp3) is 0.407. The number of aliphatic imine (C=N–C) groups is 1. The van der Waals surface area contributed by atoms with Crippen molar-refractivity contribution in [2.45, 2.75) is 64.4 Å². The first-order valence-corrected chi connectivity index (χ1v) is 12.3. The monoisotopic (exact) mass is 474 g/mol. The summed E-state index contributed by atoms with van der Waals surface area (Å²) in [5.74, 6) is 1.94. The molecule has 4 rings (SSSR count). The summed E-state index contributed by atoms with van der Waals surface area (Å²) in [6.45, 7) is 4.16. The first-order valence-electron chi connectivity index (χ1n) is 12.3. The topological polar surface area (TPSA) is 118 Å². The first kappa shape index (κ1) is 24.6. The minimum absolute atomic E-state index is 0.213. The van der Waals surface area contributed by atoms with E-state index in [1.807, 2.05) is 35.7 Å². The minimum atomic E-state index is -0.230. The zero-order valence-corrected chi connectivity index (χ0v) is 20.7. The van der Waals surface area contributed by atoms with Gasteiger partial charge in [0.05, 0.1) is 6.10 Å². The highest BCUT2D eigenvalue weighted by atomic mass is 16.3. The zero-order chi connectivity index (χ0) is 24.9. The standard InChI is InChI=1S/C27H34N6O2/c1-4-5-17(2)16-22(29-3)31-27(35)20-8-6-18(7-9-20)23-24-25(28)30-14-15-33(24)26(32-23)19-10-12-21(34)13-11-19/h6-9,14-16,19,21,34H,4-5,10-13H2,1-3H3,(H2,28,30)(H,29,31,35). The summed E-state index contributed by atoms with van der Waals surface area (Å²) in [7, 11) is 1.67. The molecule has 1 aliphatic carbocycles. The summed E-state index contributed by atoms with van der Waals surface area (Å²) in [5, 5.41) is 12.8. The molecule has 1 fully saturated rings. The number of carbonyl (C=O) groups excluding carboxylic acids is 1. The van der Waals surface area contributed by atoms with Gasteiger partial charge in [-0.25, -0.2) is 9.97 Å². The average molecular weight is 475 g/mol. The molecule has 0 unspecified atom stereocenters. The molecule has 4 N–H and O–H groups in total. The SMILES string of the molecule is CCCC(C)=CC(=NC)NC(=O)c1ccc(-c2nc(C3CCC(O)CC3)n3ccnc(N)c23)cc1. The molecule has 1 saturated carbocycles. The van der Waals surface area contributed by atoms with Crippen LogP contribution in [-0.4, -0.2) is 44.4 Å². The van der Waals surface area contributed by atoms with Crippen molar-refractivity contribution in [3.63, 3.8) is 0 Å². The highest BCUT2D eigenvalue weighted by Gasteiger charge is 2.26. The van der Waals surface area contributed by atoms with Gasteiger partial charge in [-0.05, 0) is 57.2 Å². The van der Waals surface area contributed by atoms with Crippen LogP contribution < -0.4 is 11.1 Å². The summed E-state index contributed by atoms with van der Waals surface area (Å²) in [6.07, 6.45) is 10.6. The van der Waals surface area contributed by atoms with Crippen LogP contribution in [0.3, 0.4) is 0 Å². The number of imidazole rings is 1. The molecule has 8 heteroatoms. The second kappa shape index (κ2) is 10.8. The molecule has 0 spiro atoms. The Morgan fingerprint density at radius 3 is 2.63 bits per heavy atom. The number of aromatic nitrogens is 3. The molecule has 35 heavy (non-hydrogen) atoms. The number of aliphatic hydroxyl groups is 1. The summed E-state index contributed by atoms with van der Waals surface area (Å²) in [5.41, 5.74) is 10.4. The van der Waals surface area contributed by atoms with Crippen LogP contribution in [0, 0.1) is 0 Å². The van der Waals surface area contributed by atoms with Gasteiger partial charge < -0.3 is 16.2 Å². The van der Waals surface area contributed by atoms with Crippen LogP contribution >= 0.6 is 0 Å². The van der Waals surface area contributed by atoms with Gasteiger partial charge in [-0.3, -0.25) is 14.2 Å². The van der Waals surface area contributed by atoms with Gasteiger partial charge in [0.25, 0.3) is 5.91 Å². The number of nitrogens with zero attached hydrogens (tertiary/aromatic N) is 4. The van der Waals surface area contributed by atoms with E-state index in [9.17, 15) is 9.90 Å². The summed E-state index contributed by atoms with van der Waals surface area (Å²) < 4.78 is 2.02. The molecular formula is C27H34N6O2. The maximum atomic E-state index is 12.8. The molecule has 2 aromatic heterocycles. The number of hydrogen-bond donors (Lipinski definition) is 3. The summed E-state index contributed by atoms with van der Waals surface area (Å²) in [4.78, 5) is 26.3. The lowest BCUT2D eigenvalue weighted by molar-refractivity contribution is 0.0977. The number of benzene rings is 1. The fourth-order valence-corrected chi connectivity index (χ4v) is 4.73. The van der Waals surface area contributed by atoms with Crippen molar-refractivity contribution in [1.29, 1.82) is 0 Å². The number of anilines is 1. The van der Waals surface area contributed by atoms with E-state index in [0.717, 1.165) is 61.1 Å². The second-order valence-electron chi connectivity index (χ2n) is 9.24. The van der Waals surface area contributed by atoms with Crippen molar-refractivity contribution in [1.82, 2.24) is 19.7 Å². The summed E-state index contributed by atoms with van der Waals surface area (Å²) in [6, 6.07) is 7.35. The van der Waals surface area contributed by atoms with E-state index < -0.39 is 0 Å². The van der Waals surface area contributed by atoms with E-state index in [0.29, 0.717) is 17.2 Å². The van der Waals surface area contributed by atoms with Crippen LogP contribution in [0.4, 0.5) is 5.82 Å². The molecule has 1 aliphatic rings. The number of rotatable bonds is 6. The molecule has 1 aromatic carbocycles. The number of amides is 1. The molecule has 2 heterocycles. The van der Waals surface area contributed by atoms with Crippen LogP contribution in [0.15, 0.2) is 53.3 Å². The Labute approximate surface area is 206 Å². The Morgan fingerprint density at radius 1 is 1.26 bits per heavy atom. The predicted octanol–water partition coefficient (Wildman–Crippen LogP) is 4.50. The molecule has 0 atom stereocenters. The van der Waals surface area contributed by atoms with Crippen LogP contribution in [0.5, 0.6) is 0 Å². The highest BCUT2D eigenvalue weighted by molar-refractivity contribution is 6.10. The van der Waals surface area contributed by atoms with E-state index in [4.69, 9.17) is 10.7 Å². The molecule has 0 saturated heterocycles. The molecule has 0 radical (unpaired) electrons. The number of nitrogens with one attached hydrogen (secondary N) is 1. The van der Waals surface area contributed by atoms with Crippen molar-refractivity contribution in [2.24, 2.45) is 4.99 Å². The highest BCUT2D eigenvalue weighted by Crippen LogP contribution is 2.36. The summed E-state index contributed by atoms with van der Waals surface area (Å²) >= 11 is 0. The van der Waals surface area contributed by atoms with Crippen molar-refractivity contribution in [3.05, 3.63) is 59.7 Å². The normalized spacial score (nSPS) is 19.2. The van der Waals surface area contributed by atoms with Gasteiger partial charge in [0.1, 0.15) is 28.7 Å². The maximum absolute atomic E-state index is 12.8. The number of carbonyl (C=O) groups is 1. The van der Waals surface area contributed by atoms with Gasteiger partial charge in [-0.1, -0.05) is 31.1 Å². The van der Waals surface area contributed by atoms with Gasteiger partial charge in [-0.15, -0.1) is 0 Å². The van der Waals surface area contributed by atoms with Crippen LogP contribution in [0.25, 0.3) is 16.8 Å². The second-order valence-corrected chi connectivity index (χ2v) is 9.24. The number of nitrogen functional groups attached to an aromatic ring is 1. The Morgan fingerprint density at radius 2 is 1.97 bits per heavy atom. The molecule has 3 aromatic rings. The molecule has 184 valence electrons. The van der Waals surface area contributed by atoms with E-state index in [1.165, 1.54) is 5.57 Å². The first-order chi connectivity index (χ1) is 16.9. The van der Waals surface area contributed by atoms with Crippen LogP contribution in [0.2, 0.25) is 0 Å². The van der Waals surface area contributed by atoms with E-state index >= 15 is 0 Å². The van der Waals surface area contributed by atoms with Crippen molar-refractivity contribution in [3.8, 4) is 11.3 Å². The Hall–Kier alpha value is -3.52. The molecule has 0 aliphatic heterocycles. The van der Waals surface area contributed by atoms with Gasteiger partial charge in [0, 0.05) is 36.5 Å². The third-order valence-electron chi connectivity index (χ3n) is 6.60. The third-order valence-corrected chi connectivity index (χ3v) is 6.60. The Balaban J connectivity index is 1.61. The van der Waals surface area contributed by atoms with Crippen molar-refractivity contribution < 1.29 is 9.90 Å². The van der Waals surface area contributed by atoms with Crippen molar-refractivity contribution in [2.75, 3.05) is 12.8 Å². The number of amidine groups is 1. The number of hydrogen-bond acceptors (Lipinski definition) is 6. The lowest BCUT2D eigenvalue weighted by atomic mass is 9.87. The lowest BCUT2D eigenvalue weighted by Gasteiger charge is -2.24. The fourth-order valence-electron chi connectivity index (χ4n) is 4.73. The average Bonchev–Trinajstić information content (AvgIpc) is 3.25. The quantitative estimate of drug-likeness (QED) is 0.359. The number of allylic oxidation sites excluding steroid dienone is 1. The Bertz CT molecular complexity index is 1250. The molecule has 0 bridgehead atoms. The van der Waals surface area contributed by atoms with Gasteiger partial charge in [0.2, 0.25) is 0 Å². The van der Waals surface area contributed by atoms with Gasteiger partial charge >= 0.3 is 0 Å². The predicted molar refractivity (Wildman–Crippen MR) is 140 cm³/mol. The maximum Gasteiger partial charge on any atom is 0.256 e. The number of aliphatic hydroxyl groups excluding tert-OH is 1. The number of fused-ring (bicyclic) bond motifs is 1. The molecule has 8 nitrogen and oxygen atoms in total. The molecular weight excluding hydrogens is 440 g/mol. The zero-order valence-electron chi connectivity index (χ0n) is 20.7. The van der Waals surface area contributed by atoms with Crippen LogP contribution in [0.1, 0.15) is 74.5 Å². The minimum Gasteiger partial charge on any atom is -0.393 e. The van der Waals surface area contributed by atoms with Crippen LogP contribution in [-0.2, 0) is 0 Å². The lowest BCUT2D eigenvalue weighted by Crippen LogP contribution is -2.29. The van der Waals surface area contributed by atoms with Gasteiger partial charge in [-0.2, -0.15) is 0 Å². The number of nitrogens with two attached hydrogens (primary N) is 1. The third kappa shape index (κ3) is 5.43. The van der Waals surface area contributed by atoms with Crippen molar-refractivity contribution >= 4 is 23.1 Å².